The highest BCUT2D eigenvalue weighted by Crippen LogP contribution is 2.32. The number of nitrogens with zero attached hydrogens (tertiary/aromatic N) is 2. The zero-order valence-electron chi connectivity index (χ0n) is 10.3. The van der Waals surface area contributed by atoms with Gasteiger partial charge in [0.05, 0.1) is 20.6 Å². The van der Waals surface area contributed by atoms with E-state index in [0.717, 1.165) is 0 Å². The Morgan fingerprint density at radius 1 is 0.714 bits per heavy atom. The molecule has 3 aromatic rings. The summed E-state index contributed by atoms with van der Waals surface area (Å²) in [6.07, 6.45) is 0. The summed E-state index contributed by atoms with van der Waals surface area (Å²) in [4.78, 5) is 0. The average Bonchev–Trinajstić information content (AvgIpc) is 2.91. The lowest BCUT2D eigenvalue weighted by Crippen LogP contribution is -1.79. The molecule has 1 aromatic heterocycles. The third-order valence-corrected chi connectivity index (χ3v) is 4.04. The van der Waals surface area contributed by atoms with Gasteiger partial charge in [-0.2, -0.15) is 0 Å². The number of hydrogen-bond acceptors (Lipinski definition) is 3. The highest BCUT2D eigenvalue weighted by molar-refractivity contribution is 6.42. The molecule has 7 heteroatoms. The molecule has 106 valence electrons. The van der Waals surface area contributed by atoms with E-state index in [1.165, 1.54) is 0 Å². The second-order valence-electron chi connectivity index (χ2n) is 4.17. The Morgan fingerprint density at radius 3 is 2.19 bits per heavy atom. The van der Waals surface area contributed by atoms with E-state index < -0.39 is 0 Å². The average molecular weight is 360 g/mol. The second kappa shape index (κ2) is 5.85. The summed E-state index contributed by atoms with van der Waals surface area (Å²) in [5, 5.41) is 9.82. The van der Waals surface area contributed by atoms with Crippen molar-refractivity contribution in [1.29, 1.82) is 0 Å². The minimum absolute atomic E-state index is 0.303. The van der Waals surface area contributed by atoms with Crippen molar-refractivity contribution in [3.63, 3.8) is 0 Å². The summed E-state index contributed by atoms with van der Waals surface area (Å²) in [7, 11) is 0. The first-order chi connectivity index (χ1) is 10.0. The fraction of sp³-hybridized carbons (Fsp3) is 0. The Hall–Kier alpha value is -1.26. The van der Waals surface area contributed by atoms with Crippen LogP contribution in [0.2, 0.25) is 20.1 Å². The van der Waals surface area contributed by atoms with Crippen molar-refractivity contribution in [3.8, 4) is 22.9 Å². The minimum atomic E-state index is 0.303. The van der Waals surface area contributed by atoms with E-state index in [4.69, 9.17) is 50.8 Å². The van der Waals surface area contributed by atoms with Crippen molar-refractivity contribution in [1.82, 2.24) is 10.2 Å². The summed E-state index contributed by atoms with van der Waals surface area (Å²) < 4.78 is 5.62. The number of benzene rings is 2. The Kier molecular flexibility index (Phi) is 4.09. The predicted octanol–water partition coefficient (Wildman–Crippen LogP) is 6.02. The maximum atomic E-state index is 6.11. The van der Waals surface area contributed by atoms with Crippen LogP contribution in [-0.2, 0) is 0 Å². The van der Waals surface area contributed by atoms with Crippen molar-refractivity contribution in [2.75, 3.05) is 0 Å². The van der Waals surface area contributed by atoms with Crippen LogP contribution in [-0.4, -0.2) is 10.2 Å². The summed E-state index contributed by atoms with van der Waals surface area (Å²) in [5.74, 6) is 0.632. The van der Waals surface area contributed by atoms with Gasteiger partial charge < -0.3 is 4.42 Å². The summed E-state index contributed by atoms with van der Waals surface area (Å²) in [6.45, 7) is 0. The molecule has 2 aromatic carbocycles. The molecule has 0 amide bonds. The molecule has 3 nitrogen and oxygen atoms in total. The van der Waals surface area contributed by atoms with Gasteiger partial charge in [-0.05, 0) is 36.4 Å². The van der Waals surface area contributed by atoms with Gasteiger partial charge in [-0.15, -0.1) is 10.2 Å². The minimum Gasteiger partial charge on any atom is -0.416 e. The number of rotatable bonds is 2. The van der Waals surface area contributed by atoms with Crippen LogP contribution >= 0.6 is 46.4 Å². The second-order valence-corrected chi connectivity index (χ2v) is 5.82. The molecule has 3 rings (SSSR count). The van der Waals surface area contributed by atoms with Crippen LogP contribution < -0.4 is 0 Å². The molecule has 0 N–H and O–H groups in total. The molecule has 0 saturated heterocycles. The standard InChI is InChI=1S/C14H6Cl4N2O/c15-8-2-3-9(11(17)6-8)14-20-19-13(21-14)7-1-4-10(16)12(18)5-7/h1-6H. The fourth-order valence-corrected chi connectivity index (χ4v) is 2.53. The molecule has 0 aliphatic rings. The van der Waals surface area contributed by atoms with E-state index in [1.807, 2.05) is 0 Å². The lowest BCUT2D eigenvalue weighted by Gasteiger charge is -2.00. The Balaban J connectivity index is 2.01. The number of aromatic nitrogens is 2. The summed E-state index contributed by atoms with van der Waals surface area (Å²) >= 11 is 23.8. The summed E-state index contributed by atoms with van der Waals surface area (Å²) in [6, 6.07) is 10.1. The van der Waals surface area contributed by atoms with Gasteiger partial charge in [-0.1, -0.05) is 46.4 Å². The summed E-state index contributed by atoms with van der Waals surface area (Å²) in [5.41, 5.74) is 1.29. The van der Waals surface area contributed by atoms with Crippen LogP contribution in [0.25, 0.3) is 22.9 Å². The molecule has 0 fully saturated rings. The van der Waals surface area contributed by atoms with E-state index in [2.05, 4.69) is 10.2 Å². The molecule has 1 heterocycles. The molecular formula is C14H6Cl4N2O. The first kappa shape index (κ1) is 14.7. The van der Waals surface area contributed by atoms with E-state index in [9.17, 15) is 0 Å². The van der Waals surface area contributed by atoms with Crippen molar-refractivity contribution in [3.05, 3.63) is 56.5 Å². The van der Waals surface area contributed by atoms with Gasteiger partial charge in [0, 0.05) is 10.6 Å². The fourth-order valence-electron chi connectivity index (χ4n) is 1.74. The molecule has 0 aliphatic carbocycles. The first-order valence-corrected chi connectivity index (χ1v) is 7.30. The maximum absolute atomic E-state index is 6.11. The largest absolute Gasteiger partial charge is 0.416 e. The van der Waals surface area contributed by atoms with Crippen LogP contribution in [0.5, 0.6) is 0 Å². The van der Waals surface area contributed by atoms with Crippen LogP contribution in [0.4, 0.5) is 0 Å². The van der Waals surface area contributed by atoms with E-state index in [1.54, 1.807) is 36.4 Å². The van der Waals surface area contributed by atoms with Crippen molar-refractivity contribution in [2.45, 2.75) is 0 Å². The van der Waals surface area contributed by atoms with E-state index in [-0.39, 0.29) is 0 Å². The molecule has 0 spiro atoms. The molecule has 21 heavy (non-hydrogen) atoms. The third kappa shape index (κ3) is 3.01. The molecule has 0 saturated carbocycles. The van der Waals surface area contributed by atoms with Gasteiger partial charge in [0.2, 0.25) is 11.8 Å². The van der Waals surface area contributed by atoms with Crippen molar-refractivity contribution < 1.29 is 4.42 Å². The molecule has 0 unspecified atom stereocenters. The topological polar surface area (TPSA) is 38.9 Å². The van der Waals surface area contributed by atoms with Gasteiger partial charge in [0.1, 0.15) is 0 Å². The Morgan fingerprint density at radius 2 is 1.48 bits per heavy atom. The van der Waals surface area contributed by atoms with Crippen LogP contribution in [0.3, 0.4) is 0 Å². The van der Waals surface area contributed by atoms with Gasteiger partial charge in [0.25, 0.3) is 0 Å². The van der Waals surface area contributed by atoms with Crippen molar-refractivity contribution in [2.24, 2.45) is 0 Å². The molecule has 0 aliphatic heterocycles. The van der Waals surface area contributed by atoms with Gasteiger partial charge in [-0.3, -0.25) is 0 Å². The van der Waals surface area contributed by atoms with Gasteiger partial charge in [0.15, 0.2) is 0 Å². The van der Waals surface area contributed by atoms with Gasteiger partial charge >= 0.3 is 0 Å². The number of hydrogen-bond donors (Lipinski definition) is 0. The molecule has 0 atom stereocenters. The zero-order valence-corrected chi connectivity index (χ0v) is 13.3. The van der Waals surface area contributed by atoms with Crippen LogP contribution in [0.15, 0.2) is 40.8 Å². The molecule has 0 radical (unpaired) electrons. The highest BCUT2D eigenvalue weighted by Gasteiger charge is 2.14. The van der Waals surface area contributed by atoms with Gasteiger partial charge in [-0.25, -0.2) is 0 Å². The zero-order chi connectivity index (χ0) is 15.0. The lowest BCUT2D eigenvalue weighted by atomic mass is 10.2. The Bertz CT molecular complexity index is 816. The monoisotopic (exact) mass is 358 g/mol. The van der Waals surface area contributed by atoms with Crippen LogP contribution in [0, 0.1) is 0 Å². The van der Waals surface area contributed by atoms with Crippen molar-refractivity contribution >= 4 is 46.4 Å². The molecule has 0 bridgehead atoms. The highest BCUT2D eigenvalue weighted by atomic mass is 35.5. The number of halogens is 4. The quantitative estimate of drug-likeness (QED) is 0.561. The lowest BCUT2D eigenvalue weighted by molar-refractivity contribution is 0.584. The molecular weight excluding hydrogens is 354 g/mol. The maximum Gasteiger partial charge on any atom is 0.249 e. The predicted molar refractivity (Wildman–Crippen MR) is 85.2 cm³/mol. The first-order valence-electron chi connectivity index (χ1n) is 5.79. The van der Waals surface area contributed by atoms with Crippen LogP contribution in [0.1, 0.15) is 0 Å². The SMILES string of the molecule is Clc1ccc(-c2nnc(-c3ccc(Cl)c(Cl)c3)o2)c(Cl)c1. The van der Waals surface area contributed by atoms with E-state index in [0.29, 0.717) is 43.0 Å². The smallest absolute Gasteiger partial charge is 0.249 e. The third-order valence-electron chi connectivity index (χ3n) is 2.75. The Labute approximate surface area is 140 Å². The normalized spacial score (nSPS) is 10.9. The van der Waals surface area contributed by atoms with E-state index >= 15 is 0 Å².